The molecule has 0 bridgehead atoms. The fraction of sp³-hybridized carbons (Fsp3) is 0. The third-order valence-electron chi connectivity index (χ3n) is 20.3. The number of hydrogen-bond acceptors (Lipinski definition) is 3. The van der Waals surface area contributed by atoms with Crippen LogP contribution in [0.5, 0.6) is 0 Å². The van der Waals surface area contributed by atoms with Crippen LogP contribution in [0.15, 0.2) is 346 Å². The molecule has 2 aliphatic rings. The van der Waals surface area contributed by atoms with Gasteiger partial charge in [0.15, 0.2) is 0 Å². The van der Waals surface area contributed by atoms with Crippen LogP contribution in [0.2, 0.25) is 0 Å². The lowest BCUT2D eigenvalue weighted by Crippen LogP contribution is -2.61. The Morgan fingerprint density at radius 3 is 1.03 bits per heavy atom. The van der Waals surface area contributed by atoms with E-state index < -0.39 is 0 Å². The largest absolute Gasteiger partial charge is 0.311 e. The number of hydrogen-bond donors (Lipinski definition) is 0. The molecule has 0 N–H and O–H groups in total. The number of rotatable bonds is 9. The topological polar surface area (TPSA) is 16.3 Å². The molecule has 2 aliphatic heterocycles. The monoisotopic (exact) mass is 1240 g/mol. The Morgan fingerprint density at radius 1 is 0.208 bits per heavy atom. The summed E-state index contributed by atoms with van der Waals surface area (Å²) in [5.41, 5.74) is 28.9. The SMILES string of the molecule is c1ccc(-c2ccccc2N2c3cc4c(cc3B3c5cc6c7ccccc7n(-c7ccccc7-c7ccccc7)c6cc5N(c5ccccc5-c5ccccc5)c5cc(-c6ccc7sc8ccccc8c7c6)cc2c53)c2ccccc2n4-c2ccccc2-c2ccccc2)cc1. The normalized spacial score (nSPS) is 12.5. The maximum Gasteiger partial charge on any atom is 0.252 e. The maximum absolute atomic E-state index is 2.65. The summed E-state index contributed by atoms with van der Waals surface area (Å²) in [4.78, 5) is 5.30. The number of para-hydroxylation sites is 6. The van der Waals surface area contributed by atoms with Crippen molar-refractivity contribution in [3.63, 3.8) is 0 Å². The summed E-state index contributed by atoms with van der Waals surface area (Å²) >= 11 is 1.87. The fourth-order valence-corrected chi connectivity index (χ4v) is 17.2. The first-order chi connectivity index (χ1) is 47.7. The number of anilines is 6. The van der Waals surface area contributed by atoms with Gasteiger partial charge in [-0.3, -0.25) is 0 Å². The summed E-state index contributed by atoms with van der Waals surface area (Å²) < 4.78 is 7.64. The Morgan fingerprint density at radius 2 is 0.573 bits per heavy atom. The molecule has 20 rings (SSSR count). The van der Waals surface area contributed by atoms with Crippen molar-refractivity contribution in [3.05, 3.63) is 346 Å². The quantitative estimate of drug-likeness (QED) is 0.134. The van der Waals surface area contributed by atoms with Gasteiger partial charge >= 0.3 is 0 Å². The summed E-state index contributed by atoms with van der Waals surface area (Å²) in [5, 5.41) is 7.36. The van der Waals surface area contributed by atoms with Gasteiger partial charge in [0.2, 0.25) is 0 Å². The van der Waals surface area contributed by atoms with Crippen LogP contribution in [-0.4, -0.2) is 15.8 Å². The molecule has 0 spiro atoms. The van der Waals surface area contributed by atoms with Crippen LogP contribution in [0, 0.1) is 0 Å². The van der Waals surface area contributed by atoms with E-state index in [1.54, 1.807) is 0 Å². The van der Waals surface area contributed by atoms with Gasteiger partial charge in [-0.05, 0) is 129 Å². The lowest BCUT2D eigenvalue weighted by Gasteiger charge is -2.45. The van der Waals surface area contributed by atoms with Crippen molar-refractivity contribution in [1.29, 1.82) is 0 Å². The maximum atomic E-state index is 2.65. The van der Waals surface area contributed by atoms with Crippen molar-refractivity contribution >= 4 is 132 Å². The van der Waals surface area contributed by atoms with E-state index in [2.05, 4.69) is 365 Å². The first-order valence-corrected chi connectivity index (χ1v) is 33.9. The van der Waals surface area contributed by atoms with Gasteiger partial charge in [0.05, 0.1) is 44.8 Å². The minimum atomic E-state index is -0.246. The van der Waals surface area contributed by atoms with E-state index in [9.17, 15) is 0 Å². The van der Waals surface area contributed by atoms with Crippen molar-refractivity contribution in [2.45, 2.75) is 0 Å². The zero-order chi connectivity index (χ0) is 63.0. The van der Waals surface area contributed by atoms with Crippen LogP contribution in [0.3, 0.4) is 0 Å². The van der Waals surface area contributed by atoms with Crippen LogP contribution in [0.4, 0.5) is 34.1 Å². The van der Waals surface area contributed by atoms with Crippen molar-refractivity contribution in [3.8, 4) is 67.0 Å². The third kappa shape index (κ3) is 8.29. The van der Waals surface area contributed by atoms with Crippen LogP contribution in [0.25, 0.3) is 131 Å². The third-order valence-corrected chi connectivity index (χ3v) is 21.4. The molecule has 18 aromatic rings. The zero-order valence-corrected chi connectivity index (χ0v) is 53.0. The highest BCUT2D eigenvalue weighted by Crippen LogP contribution is 2.53. The van der Waals surface area contributed by atoms with E-state index >= 15 is 0 Å². The summed E-state index contributed by atoms with van der Waals surface area (Å²) in [6, 6.07) is 129. The minimum absolute atomic E-state index is 0.246. The Bertz CT molecular complexity index is 5850. The smallest absolute Gasteiger partial charge is 0.252 e. The van der Waals surface area contributed by atoms with Crippen LogP contribution in [-0.2, 0) is 0 Å². The van der Waals surface area contributed by atoms with Gasteiger partial charge in [-0.1, -0.05) is 267 Å². The number of aromatic nitrogens is 2. The average Bonchev–Trinajstić information content (AvgIpc) is 1.12. The summed E-state index contributed by atoms with van der Waals surface area (Å²) in [6.07, 6.45) is 0. The highest BCUT2D eigenvalue weighted by Gasteiger charge is 2.46. The van der Waals surface area contributed by atoms with Gasteiger partial charge in [0.25, 0.3) is 6.71 Å². The highest BCUT2D eigenvalue weighted by atomic mass is 32.1. The molecule has 6 heteroatoms. The van der Waals surface area contributed by atoms with E-state index in [0.29, 0.717) is 0 Å². The molecule has 0 saturated carbocycles. The van der Waals surface area contributed by atoms with Gasteiger partial charge in [-0.2, -0.15) is 0 Å². The Balaban J connectivity index is 0.966. The lowest BCUT2D eigenvalue weighted by molar-refractivity contribution is 1.18. The molecule has 0 unspecified atom stereocenters. The summed E-state index contributed by atoms with van der Waals surface area (Å²) in [5.74, 6) is 0. The molecule has 0 fully saturated rings. The van der Waals surface area contributed by atoms with Gasteiger partial charge in [-0.15, -0.1) is 11.3 Å². The zero-order valence-electron chi connectivity index (χ0n) is 52.2. The van der Waals surface area contributed by atoms with E-state index in [-0.39, 0.29) is 6.71 Å². The van der Waals surface area contributed by atoms with Gasteiger partial charge in [-0.25, -0.2) is 0 Å². The van der Waals surface area contributed by atoms with Gasteiger partial charge in [0.1, 0.15) is 0 Å². The van der Waals surface area contributed by atoms with Crippen molar-refractivity contribution in [2.24, 2.45) is 0 Å². The van der Waals surface area contributed by atoms with Crippen LogP contribution >= 0.6 is 11.3 Å². The molecule has 0 saturated heterocycles. The van der Waals surface area contributed by atoms with Crippen molar-refractivity contribution < 1.29 is 0 Å². The first kappa shape index (κ1) is 54.4. The van der Waals surface area contributed by atoms with E-state index in [1.807, 2.05) is 11.3 Å². The van der Waals surface area contributed by atoms with Gasteiger partial charge < -0.3 is 18.9 Å². The number of thiophene rings is 1. The van der Waals surface area contributed by atoms with Crippen molar-refractivity contribution in [1.82, 2.24) is 9.13 Å². The molecule has 0 amide bonds. The molecule has 0 aliphatic carbocycles. The Labute approximate surface area is 560 Å². The lowest BCUT2D eigenvalue weighted by atomic mass is 9.33. The average molecular weight is 1240 g/mol. The van der Waals surface area contributed by atoms with E-state index in [0.717, 1.165) is 101 Å². The van der Waals surface area contributed by atoms with E-state index in [1.165, 1.54) is 80.4 Å². The minimum Gasteiger partial charge on any atom is -0.311 e. The van der Waals surface area contributed by atoms with Gasteiger partial charge in [0, 0.05) is 86.7 Å². The molecule has 446 valence electrons. The molecular weight excluding hydrogens is 1180 g/mol. The molecule has 0 radical (unpaired) electrons. The summed E-state index contributed by atoms with van der Waals surface area (Å²) in [6.45, 7) is -0.246. The number of fused-ring (bicyclic) bond motifs is 13. The van der Waals surface area contributed by atoms with Crippen LogP contribution < -0.4 is 26.2 Å². The molecular formula is C90H57BN4S. The van der Waals surface area contributed by atoms with Crippen LogP contribution in [0.1, 0.15) is 0 Å². The molecule has 5 heterocycles. The second-order valence-electron chi connectivity index (χ2n) is 25.4. The Hall–Kier alpha value is -12.2. The fourth-order valence-electron chi connectivity index (χ4n) is 16.2. The molecule has 96 heavy (non-hydrogen) atoms. The molecule has 4 nitrogen and oxygen atoms in total. The Kier molecular flexibility index (Phi) is 12.3. The predicted molar refractivity (Wildman–Crippen MR) is 409 cm³/mol. The molecule has 3 aromatic heterocycles. The standard InChI is InChI=1S/C90H57BN4S/c1-5-27-58(28-6-1)64-35-13-20-42-76(64)92-80-46-24-17-39-68(80)71-54-74-84(56-82(71)92)94(78-44-22-15-37-66(78)60-31-9-3-10-32-60)86-52-63(62-49-50-89-73(51-62)70-41-19-26-48-88(70)96-89)53-87-90(86)91(74)75-55-72-69-40-18-25-47-81(69)93(77-43-21-14-36-65(77)59-29-7-2-8-30-59)83(72)57-85(75)95(87)79-45-23-16-38-67(79)61-33-11-4-12-34-61/h1-57H. The highest BCUT2D eigenvalue weighted by molar-refractivity contribution is 7.25. The van der Waals surface area contributed by atoms with E-state index in [4.69, 9.17) is 0 Å². The number of nitrogens with zero attached hydrogens (tertiary/aromatic N) is 4. The second kappa shape index (κ2) is 21.7. The predicted octanol–water partition coefficient (Wildman–Crippen LogP) is 22.7. The molecule has 0 atom stereocenters. The second-order valence-corrected chi connectivity index (χ2v) is 26.5. The summed E-state index contributed by atoms with van der Waals surface area (Å²) in [7, 11) is 0. The first-order valence-electron chi connectivity index (χ1n) is 33.1. The number of benzene rings is 15. The van der Waals surface area contributed by atoms with Crippen molar-refractivity contribution in [2.75, 3.05) is 9.80 Å². The molecule has 15 aromatic carbocycles.